The molecule has 2 aliphatic rings. The van der Waals surface area contributed by atoms with Crippen molar-refractivity contribution in [3.8, 4) is 11.4 Å². The number of furan rings is 1. The molecule has 1 unspecified atom stereocenters. The molecule has 0 aliphatic carbocycles. The van der Waals surface area contributed by atoms with Gasteiger partial charge in [0.25, 0.3) is 0 Å². The third kappa shape index (κ3) is 3.93. The molecule has 2 aromatic heterocycles. The van der Waals surface area contributed by atoms with Gasteiger partial charge in [-0.1, -0.05) is 30.3 Å². The van der Waals surface area contributed by atoms with E-state index in [0.29, 0.717) is 16.3 Å². The van der Waals surface area contributed by atoms with Crippen LogP contribution in [0.1, 0.15) is 23.1 Å². The maximum atomic E-state index is 6.20. The lowest BCUT2D eigenvalue weighted by atomic mass is 9.98. The number of hydrogen-bond donors (Lipinski definition) is 1. The number of rotatable bonds is 4. The van der Waals surface area contributed by atoms with Gasteiger partial charge < -0.3 is 19.4 Å². The molecule has 0 bridgehead atoms. The lowest BCUT2D eigenvalue weighted by Gasteiger charge is -2.39. The van der Waals surface area contributed by atoms with Gasteiger partial charge in [0.05, 0.1) is 35.4 Å². The highest BCUT2D eigenvalue weighted by Gasteiger charge is 2.42. The Morgan fingerprint density at radius 2 is 1.67 bits per heavy atom. The summed E-state index contributed by atoms with van der Waals surface area (Å²) in [6.07, 6.45) is 0. The summed E-state index contributed by atoms with van der Waals surface area (Å²) in [7, 11) is 1.65. The number of para-hydroxylation sites is 3. The number of methoxy groups -OCH3 is 1. The summed E-state index contributed by atoms with van der Waals surface area (Å²) in [6.45, 7) is 2.02. The summed E-state index contributed by atoms with van der Waals surface area (Å²) in [5, 5.41) is 8.44. The van der Waals surface area contributed by atoms with Gasteiger partial charge in [0, 0.05) is 5.69 Å². The van der Waals surface area contributed by atoms with Crippen molar-refractivity contribution in [2.75, 3.05) is 17.3 Å². The zero-order valence-corrected chi connectivity index (χ0v) is 22.8. The van der Waals surface area contributed by atoms with Gasteiger partial charge in [0.15, 0.2) is 22.2 Å². The molecule has 4 heterocycles. The van der Waals surface area contributed by atoms with Crippen molar-refractivity contribution in [2.45, 2.75) is 13.0 Å². The van der Waals surface area contributed by atoms with Crippen molar-refractivity contribution in [3.63, 3.8) is 0 Å². The maximum Gasteiger partial charge on any atom is 0.179 e. The van der Waals surface area contributed by atoms with E-state index in [-0.39, 0.29) is 6.04 Å². The first-order valence-electron chi connectivity index (χ1n) is 12.5. The van der Waals surface area contributed by atoms with Crippen LogP contribution in [0.15, 0.2) is 110 Å². The highest BCUT2D eigenvalue weighted by molar-refractivity contribution is 9.10. The summed E-state index contributed by atoms with van der Waals surface area (Å²) in [5.74, 6) is 3.59. The van der Waals surface area contributed by atoms with E-state index in [1.54, 1.807) is 7.11 Å². The molecule has 192 valence electrons. The van der Waals surface area contributed by atoms with Crippen LogP contribution in [0, 0.1) is 6.92 Å². The molecule has 0 amide bonds. The highest BCUT2D eigenvalue weighted by atomic mass is 79.9. The Hall–Kier alpha value is -4.63. The van der Waals surface area contributed by atoms with Crippen molar-refractivity contribution in [1.82, 2.24) is 9.78 Å². The zero-order chi connectivity index (χ0) is 26.5. The third-order valence-corrected chi connectivity index (χ3v) is 7.28. The normalized spacial score (nSPS) is 15.6. The molecule has 0 radical (unpaired) electrons. The minimum atomic E-state index is -0.319. The molecule has 1 atom stereocenters. The second-order valence-electron chi connectivity index (χ2n) is 9.22. The number of nitrogens with zero attached hydrogens (tertiary/aromatic N) is 5. The fourth-order valence-electron chi connectivity index (χ4n) is 5.10. The van der Waals surface area contributed by atoms with Gasteiger partial charge in [0.2, 0.25) is 0 Å². The van der Waals surface area contributed by atoms with Gasteiger partial charge >= 0.3 is 0 Å². The Bertz CT molecular complexity index is 1750. The first kappa shape index (κ1) is 23.5. The van der Waals surface area contributed by atoms with E-state index in [9.17, 15) is 0 Å². The monoisotopic (exact) mass is 578 g/mol. The quantitative estimate of drug-likeness (QED) is 0.241. The maximum absolute atomic E-state index is 6.20. The predicted octanol–water partition coefficient (Wildman–Crippen LogP) is 7.34. The molecule has 8 nitrogen and oxygen atoms in total. The first-order valence-corrected chi connectivity index (χ1v) is 13.3. The summed E-state index contributed by atoms with van der Waals surface area (Å²) < 4.78 is 14.1. The van der Waals surface area contributed by atoms with E-state index in [2.05, 4.69) is 32.2 Å². The van der Waals surface area contributed by atoms with Crippen LogP contribution in [-0.4, -0.2) is 28.6 Å². The van der Waals surface area contributed by atoms with Crippen molar-refractivity contribution < 1.29 is 9.15 Å². The summed E-state index contributed by atoms with van der Waals surface area (Å²) in [4.78, 5) is 12.4. The number of amidine groups is 2. The number of aliphatic imine (C=N–C) groups is 2. The van der Waals surface area contributed by atoms with Crippen LogP contribution < -0.4 is 15.0 Å². The minimum Gasteiger partial charge on any atom is -0.497 e. The molecule has 0 saturated heterocycles. The lowest BCUT2D eigenvalue weighted by Crippen LogP contribution is -2.46. The van der Waals surface area contributed by atoms with Crippen LogP contribution in [0.25, 0.3) is 5.69 Å². The molecule has 0 spiro atoms. The van der Waals surface area contributed by atoms with E-state index in [0.717, 1.165) is 51.3 Å². The van der Waals surface area contributed by atoms with E-state index in [1.165, 1.54) is 0 Å². The molecule has 3 aromatic carbocycles. The molecule has 9 heteroatoms. The third-order valence-electron chi connectivity index (χ3n) is 6.86. The lowest BCUT2D eigenvalue weighted by molar-refractivity contribution is 0.415. The first-order chi connectivity index (χ1) is 19.1. The smallest absolute Gasteiger partial charge is 0.179 e. The average Bonchev–Trinajstić information content (AvgIpc) is 3.55. The Labute approximate surface area is 233 Å². The van der Waals surface area contributed by atoms with Gasteiger partial charge in [0.1, 0.15) is 17.6 Å². The van der Waals surface area contributed by atoms with Crippen LogP contribution >= 0.6 is 15.9 Å². The number of ether oxygens (including phenoxy) is 1. The van der Waals surface area contributed by atoms with Crippen molar-refractivity contribution in [2.24, 2.45) is 9.98 Å². The van der Waals surface area contributed by atoms with Crippen LogP contribution in [0.3, 0.4) is 0 Å². The van der Waals surface area contributed by atoms with Gasteiger partial charge in [-0.25, -0.2) is 14.7 Å². The largest absolute Gasteiger partial charge is 0.497 e. The predicted molar refractivity (Wildman–Crippen MR) is 156 cm³/mol. The molecule has 2 aliphatic heterocycles. The fraction of sp³-hybridized carbons (Fsp3) is 0.100. The molecular formula is C30H23BrN6O2. The standard InChI is InChI=1S/C30H23BrN6O2/c1-18-26-27(24-16-17-25(31)39-24)36-23-11-7-6-10-22(23)33-28(32-19-12-14-21(38-2)15-13-19)30(36)34-29(26)37(35-18)20-8-4-3-5-9-20/h3-17,27H,1-2H3,(H,32,33). The van der Waals surface area contributed by atoms with Gasteiger partial charge in [-0.2, -0.15) is 5.10 Å². The fourth-order valence-corrected chi connectivity index (χ4v) is 5.42. The second-order valence-corrected chi connectivity index (χ2v) is 10.0. The van der Waals surface area contributed by atoms with Crippen LogP contribution in [0.4, 0.5) is 22.9 Å². The number of aromatic nitrogens is 2. The number of benzene rings is 3. The highest BCUT2D eigenvalue weighted by Crippen LogP contribution is 2.48. The van der Waals surface area contributed by atoms with Crippen LogP contribution in [0.5, 0.6) is 5.75 Å². The Balaban J connectivity index is 1.47. The van der Waals surface area contributed by atoms with E-state index in [4.69, 9.17) is 24.2 Å². The Morgan fingerprint density at radius 3 is 2.41 bits per heavy atom. The zero-order valence-electron chi connectivity index (χ0n) is 21.2. The van der Waals surface area contributed by atoms with Crippen molar-refractivity contribution in [1.29, 1.82) is 0 Å². The van der Waals surface area contributed by atoms with Gasteiger partial charge in [-0.05, 0) is 83.5 Å². The summed E-state index contributed by atoms with van der Waals surface area (Å²) in [5.41, 5.74) is 5.42. The number of anilines is 2. The number of nitrogens with one attached hydrogen (secondary N) is 1. The Kier molecular flexibility index (Phi) is 5.59. The van der Waals surface area contributed by atoms with E-state index in [1.807, 2.05) is 96.5 Å². The number of aryl methyl sites for hydroxylation is 1. The minimum absolute atomic E-state index is 0.319. The molecule has 0 saturated carbocycles. The molecule has 5 aromatic rings. The van der Waals surface area contributed by atoms with E-state index < -0.39 is 0 Å². The summed E-state index contributed by atoms with van der Waals surface area (Å²) >= 11 is 3.50. The van der Waals surface area contributed by atoms with Crippen molar-refractivity contribution in [3.05, 3.63) is 113 Å². The summed E-state index contributed by atoms with van der Waals surface area (Å²) in [6, 6.07) is 29.4. The Morgan fingerprint density at radius 1 is 0.897 bits per heavy atom. The molecule has 0 fully saturated rings. The van der Waals surface area contributed by atoms with Gasteiger partial charge in [-0.3, -0.25) is 0 Å². The van der Waals surface area contributed by atoms with Gasteiger partial charge in [-0.15, -0.1) is 0 Å². The topological polar surface area (TPSA) is 80.2 Å². The molecule has 39 heavy (non-hydrogen) atoms. The number of halogens is 1. The van der Waals surface area contributed by atoms with Crippen LogP contribution in [0.2, 0.25) is 0 Å². The SMILES string of the molecule is COc1ccc(NC2=Nc3ccccc3N3C2=Nc2c(c(C)nn2-c2ccccc2)C3c2ccc(Br)o2)cc1. The number of fused-ring (bicyclic) bond motifs is 4. The molecular weight excluding hydrogens is 556 g/mol. The molecule has 1 N–H and O–H groups in total. The average molecular weight is 579 g/mol. The number of hydrogen-bond acceptors (Lipinski definition) is 7. The molecule has 7 rings (SSSR count). The van der Waals surface area contributed by atoms with E-state index >= 15 is 0 Å². The van der Waals surface area contributed by atoms with Crippen LogP contribution in [-0.2, 0) is 0 Å². The van der Waals surface area contributed by atoms with Crippen molar-refractivity contribution >= 4 is 50.5 Å². The second kappa shape index (κ2) is 9.28.